The summed E-state index contributed by atoms with van der Waals surface area (Å²) in [7, 11) is 1.59. The van der Waals surface area contributed by atoms with Gasteiger partial charge in [-0.3, -0.25) is 4.79 Å². The van der Waals surface area contributed by atoms with Crippen LogP contribution >= 0.6 is 0 Å². The molecule has 1 aliphatic rings. The maximum Gasteiger partial charge on any atom is 0.175 e. The third-order valence-electron chi connectivity index (χ3n) is 5.16. The Morgan fingerprint density at radius 1 is 1.22 bits per heavy atom. The number of phenols is 1. The van der Waals surface area contributed by atoms with Crippen LogP contribution in [0.15, 0.2) is 18.2 Å². The Balaban J connectivity index is 2.41. The minimum atomic E-state index is -0.919. The Morgan fingerprint density at radius 3 is 2.48 bits per heavy atom. The molecule has 3 rings (SSSR count). The highest BCUT2D eigenvalue weighted by atomic mass is 16.5. The van der Waals surface area contributed by atoms with Gasteiger partial charge in [-0.05, 0) is 41.6 Å². The first-order valence-corrected chi connectivity index (χ1v) is 7.77. The fourth-order valence-electron chi connectivity index (χ4n) is 3.69. The predicted octanol–water partition coefficient (Wildman–Crippen LogP) is 3.55. The molecule has 0 fully saturated rings. The number of ketones is 1. The van der Waals surface area contributed by atoms with Crippen molar-refractivity contribution < 1.29 is 19.7 Å². The summed E-state index contributed by atoms with van der Waals surface area (Å²) in [6.45, 7) is 7.22. The van der Waals surface area contributed by atoms with Crippen LogP contribution in [0.5, 0.6) is 11.5 Å². The van der Waals surface area contributed by atoms with Crippen molar-refractivity contribution in [3.63, 3.8) is 0 Å². The van der Waals surface area contributed by atoms with Crippen molar-refractivity contribution in [3.05, 3.63) is 34.9 Å². The van der Waals surface area contributed by atoms with Crippen molar-refractivity contribution in [1.82, 2.24) is 0 Å². The highest BCUT2D eigenvalue weighted by Gasteiger charge is 2.47. The molecule has 0 bridgehead atoms. The fourth-order valence-corrected chi connectivity index (χ4v) is 3.69. The molecule has 0 aliphatic heterocycles. The van der Waals surface area contributed by atoms with Gasteiger partial charge in [0.15, 0.2) is 5.78 Å². The molecular weight excluding hydrogens is 292 g/mol. The number of methoxy groups -OCH3 is 1. The first-order chi connectivity index (χ1) is 10.7. The Kier molecular flexibility index (Phi) is 3.41. The molecule has 0 radical (unpaired) electrons. The summed E-state index contributed by atoms with van der Waals surface area (Å²) in [6, 6.07) is 5.57. The summed E-state index contributed by atoms with van der Waals surface area (Å²) in [5, 5.41) is 22.8. The largest absolute Gasteiger partial charge is 0.507 e. The number of hydrogen-bond donors (Lipinski definition) is 2. The molecular formula is C19H22O4. The highest BCUT2D eigenvalue weighted by Crippen LogP contribution is 2.48. The van der Waals surface area contributed by atoms with Crippen LogP contribution in [0.3, 0.4) is 0 Å². The minimum absolute atomic E-state index is 0.00878. The first kappa shape index (κ1) is 15.8. The summed E-state index contributed by atoms with van der Waals surface area (Å²) in [4.78, 5) is 12.8. The smallest absolute Gasteiger partial charge is 0.175 e. The van der Waals surface area contributed by atoms with Crippen molar-refractivity contribution in [3.8, 4) is 11.5 Å². The minimum Gasteiger partial charge on any atom is -0.507 e. The van der Waals surface area contributed by atoms with Gasteiger partial charge in [0.1, 0.15) is 11.5 Å². The van der Waals surface area contributed by atoms with Crippen molar-refractivity contribution in [2.75, 3.05) is 7.11 Å². The lowest BCUT2D eigenvalue weighted by molar-refractivity contribution is 0.0227. The topological polar surface area (TPSA) is 66.8 Å². The van der Waals surface area contributed by atoms with E-state index in [4.69, 9.17) is 4.74 Å². The lowest BCUT2D eigenvalue weighted by atomic mass is 9.66. The van der Waals surface area contributed by atoms with E-state index in [9.17, 15) is 15.0 Å². The predicted molar refractivity (Wildman–Crippen MR) is 89.4 cm³/mol. The average Bonchev–Trinajstić information content (AvgIpc) is 2.50. The summed E-state index contributed by atoms with van der Waals surface area (Å²) < 4.78 is 5.29. The van der Waals surface area contributed by atoms with Gasteiger partial charge in [-0.15, -0.1) is 0 Å². The molecule has 2 atom stereocenters. The van der Waals surface area contributed by atoms with Crippen LogP contribution in [0.25, 0.3) is 10.8 Å². The van der Waals surface area contributed by atoms with E-state index < -0.39 is 11.5 Å². The van der Waals surface area contributed by atoms with E-state index in [1.54, 1.807) is 21.0 Å². The number of ether oxygens (including phenoxy) is 1. The van der Waals surface area contributed by atoms with Gasteiger partial charge in [-0.25, -0.2) is 0 Å². The number of aromatic hydroxyl groups is 1. The molecule has 2 N–H and O–H groups in total. The third kappa shape index (κ3) is 2.05. The number of phenolic OH excluding ortho intramolecular Hbond substituents is 1. The van der Waals surface area contributed by atoms with Crippen LogP contribution in [0.4, 0.5) is 0 Å². The van der Waals surface area contributed by atoms with Gasteiger partial charge in [0.25, 0.3) is 0 Å². The van der Waals surface area contributed by atoms with Crippen LogP contribution < -0.4 is 4.74 Å². The van der Waals surface area contributed by atoms with Crippen LogP contribution in [0.2, 0.25) is 0 Å². The zero-order chi connectivity index (χ0) is 17.1. The SMILES string of the molecule is COc1cc(C)c2c(O)c3c(cc2c1)[C@@H](C)[C@H](O)C(C)(C)C3=O. The number of rotatable bonds is 1. The van der Waals surface area contributed by atoms with Gasteiger partial charge < -0.3 is 14.9 Å². The summed E-state index contributed by atoms with van der Waals surface area (Å²) in [5.41, 5.74) is 0.967. The van der Waals surface area contributed by atoms with Gasteiger partial charge in [0.2, 0.25) is 0 Å². The lowest BCUT2D eigenvalue weighted by Crippen LogP contribution is -2.45. The molecule has 4 nitrogen and oxygen atoms in total. The molecule has 0 aromatic heterocycles. The molecule has 0 amide bonds. The standard InChI is InChI=1S/C19H22O4/c1-9-6-12(23-5)7-11-8-13-10(2)17(21)19(3,4)18(22)15(13)16(20)14(9)11/h6-8,10,17,20-21H,1-5H3/t10-,17+/m1/s1. The Morgan fingerprint density at radius 2 is 1.87 bits per heavy atom. The van der Waals surface area contributed by atoms with E-state index in [1.807, 2.05) is 32.0 Å². The van der Waals surface area contributed by atoms with E-state index in [-0.39, 0.29) is 17.5 Å². The number of Topliss-reactive ketones (excluding diaryl/α,β-unsaturated/α-hetero) is 1. The molecule has 0 heterocycles. The van der Waals surface area contributed by atoms with Gasteiger partial charge in [-0.2, -0.15) is 0 Å². The van der Waals surface area contributed by atoms with E-state index in [0.29, 0.717) is 22.3 Å². The second kappa shape index (κ2) is 4.96. The second-order valence-electron chi connectivity index (χ2n) is 7.02. The molecule has 0 unspecified atom stereocenters. The molecule has 2 aromatic rings. The molecule has 122 valence electrons. The van der Waals surface area contributed by atoms with Crippen LogP contribution in [0, 0.1) is 12.3 Å². The number of hydrogen-bond acceptors (Lipinski definition) is 4. The quantitative estimate of drug-likeness (QED) is 0.845. The zero-order valence-electron chi connectivity index (χ0n) is 14.1. The monoisotopic (exact) mass is 314 g/mol. The average molecular weight is 314 g/mol. The van der Waals surface area contributed by atoms with Crippen LogP contribution in [-0.4, -0.2) is 29.2 Å². The number of aliphatic hydroxyl groups excluding tert-OH is 1. The van der Waals surface area contributed by atoms with E-state index in [2.05, 4.69) is 0 Å². The van der Waals surface area contributed by atoms with Gasteiger partial charge >= 0.3 is 0 Å². The van der Waals surface area contributed by atoms with E-state index in [0.717, 1.165) is 10.9 Å². The zero-order valence-corrected chi connectivity index (χ0v) is 14.1. The Hall–Kier alpha value is -2.07. The maximum absolute atomic E-state index is 12.8. The van der Waals surface area contributed by atoms with Crippen molar-refractivity contribution >= 4 is 16.6 Å². The van der Waals surface area contributed by atoms with Gasteiger partial charge in [0.05, 0.1) is 24.2 Å². The normalized spacial score (nSPS) is 23.0. The van der Waals surface area contributed by atoms with Crippen LogP contribution in [0.1, 0.15) is 48.2 Å². The second-order valence-corrected chi connectivity index (χ2v) is 7.02. The molecule has 0 saturated carbocycles. The Labute approximate surface area is 135 Å². The van der Waals surface area contributed by atoms with Crippen LogP contribution in [-0.2, 0) is 0 Å². The number of aryl methyl sites for hydroxylation is 1. The molecule has 0 spiro atoms. The van der Waals surface area contributed by atoms with Gasteiger partial charge in [0, 0.05) is 11.3 Å². The number of carbonyl (C=O) groups is 1. The molecule has 2 aromatic carbocycles. The third-order valence-corrected chi connectivity index (χ3v) is 5.16. The first-order valence-electron chi connectivity index (χ1n) is 7.77. The number of benzene rings is 2. The van der Waals surface area contributed by atoms with E-state index >= 15 is 0 Å². The molecule has 0 saturated heterocycles. The van der Waals surface area contributed by atoms with Crippen molar-refractivity contribution in [2.24, 2.45) is 5.41 Å². The lowest BCUT2D eigenvalue weighted by Gasteiger charge is -2.39. The fraction of sp³-hybridized carbons (Fsp3) is 0.421. The highest BCUT2D eigenvalue weighted by molar-refractivity contribution is 6.10. The van der Waals surface area contributed by atoms with Crippen molar-refractivity contribution in [2.45, 2.75) is 39.7 Å². The molecule has 4 heteroatoms. The van der Waals surface area contributed by atoms with Crippen molar-refractivity contribution in [1.29, 1.82) is 0 Å². The maximum atomic E-state index is 12.8. The summed E-state index contributed by atoms with van der Waals surface area (Å²) in [5.74, 6) is 0.256. The summed E-state index contributed by atoms with van der Waals surface area (Å²) >= 11 is 0. The number of fused-ring (bicyclic) bond motifs is 2. The van der Waals surface area contributed by atoms with Gasteiger partial charge in [-0.1, -0.05) is 20.8 Å². The molecule has 23 heavy (non-hydrogen) atoms. The molecule has 1 aliphatic carbocycles. The summed E-state index contributed by atoms with van der Waals surface area (Å²) in [6.07, 6.45) is -0.786. The van der Waals surface area contributed by atoms with E-state index in [1.165, 1.54) is 0 Å². The number of carbonyl (C=O) groups excluding carboxylic acids is 1. The Bertz CT molecular complexity index is 820. The number of aliphatic hydroxyl groups is 1.